The van der Waals surface area contributed by atoms with Gasteiger partial charge in [-0.1, -0.05) is 0 Å². The Hall–Kier alpha value is 0.296. The van der Waals surface area contributed by atoms with Gasteiger partial charge in [0.05, 0.1) is 0 Å². The summed E-state index contributed by atoms with van der Waals surface area (Å²) in [4.78, 5) is 0. The molecule has 89 valence electrons. The Kier molecular flexibility index (Phi) is 1330. The smallest absolute Gasteiger partial charge is 0.784 e. The van der Waals surface area contributed by atoms with Crippen molar-refractivity contribution in [1.29, 1.82) is 0 Å². The average Bonchev–Trinajstić information content (AvgIpc) is 0.811. The van der Waals surface area contributed by atoms with E-state index in [4.69, 9.17) is 13.3 Å². The van der Waals surface area contributed by atoms with Crippen molar-refractivity contribution >= 4 is 11.4 Å². The van der Waals surface area contributed by atoms with E-state index in [9.17, 15) is 0 Å². The van der Waals surface area contributed by atoms with Crippen molar-refractivity contribution < 1.29 is 68.4 Å². The quantitative estimate of drug-likeness (QED) is 0.385. The van der Waals surface area contributed by atoms with Crippen LogP contribution < -0.4 is 0 Å². The van der Waals surface area contributed by atoms with Crippen molar-refractivity contribution in [2.24, 2.45) is 0 Å². The molecular formula is H14CoO10S. The van der Waals surface area contributed by atoms with Crippen LogP contribution in [-0.2, 0) is 28.1 Å². The predicted molar refractivity (Wildman–Crippen MR) is 35.0 cm³/mol. The van der Waals surface area contributed by atoms with Gasteiger partial charge in [0.15, 0.2) is 0 Å². The molecule has 0 unspecified atom stereocenters. The van der Waals surface area contributed by atoms with Crippen LogP contribution in [0.4, 0.5) is 0 Å². The Morgan fingerprint density at radius 1 is 0.667 bits per heavy atom. The molecule has 0 spiro atoms. The molecule has 1 radical (unpaired) electrons. The zero-order valence-corrected chi connectivity index (χ0v) is 7.32. The zero-order chi connectivity index (χ0) is 3.58. The molecule has 0 saturated heterocycles. The van der Waals surface area contributed by atoms with E-state index in [-0.39, 0.29) is 55.1 Å². The molecule has 12 heavy (non-hydrogen) atoms. The average molecular weight is 265 g/mol. The number of hydrogen-bond acceptors (Lipinski definition) is 3. The molecule has 0 aromatic heterocycles. The van der Waals surface area contributed by atoms with E-state index >= 15 is 0 Å². The summed E-state index contributed by atoms with van der Waals surface area (Å²) in [5, 5.41) is 0. The van der Waals surface area contributed by atoms with E-state index in [1.54, 1.807) is 0 Å². The van der Waals surface area contributed by atoms with Gasteiger partial charge in [-0.2, -0.15) is 0 Å². The van der Waals surface area contributed by atoms with E-state index in [0.717, 1.165) is 0 Å². The van der Waals surface area contributed by atoms with Gasteiger partial charge in [-0.05, 0) is 0 Å². The maximum Gasteiger partial charge on any atom is 2.00 e. The van der Waals surface area contributed by atoms with Crippen LogP contribution in [0.3, 0.4) is 0 Å². The summed E-state index contributed by atoms with van der Waals surface area (Å²) < 4.78 is 25.3. The molecule has 0 aromatic carbocycles. The third-order valence-corrected chi connectivity index (χ3v) is 0. The minimum absolute atomic E-state index is 0. The monoisotopic (exact) mass is 265 g/mol. The van der Waals surface area contributed by atoms with Crippen LogP contribution >= 0.6 is 0 Å². The standard InChI is InChI=1S/Co.H2O3S.7H2O/c;1-4(2)3;;;;;;;/h;(H2,1,2,3);7*1H2/q+2;;;;;;;;/p-2. The van der Waals surface area contributed by atoms with Crippen molar-refractivity contribution in [3.05, 3.63) is 0 Å². The van der Waals surface area contributed by atoms with Crippen molar-refractivity contribution in [2.45, 2.75) is 0 Å². The largest absolute Gasteiger partial charge is 2.00 e. The minimum Gasteiger partial charge on any atom is -0.784 e. The molecule has 0 bridgehead atoms. The normalized spacial score (nSPS) is 2.92. The van der Waals surface area contributed by atoms with E-state index in [1.807, 2.05) is 0 Å². The first-order valence-corrected chi connectivity index (χ1v) is 1.50. The summed E-state index contributed by atoms with van der Waals surface area (Å²) in [5.41, 5.74) is 0. The molecule has 0 aliphatic carbocycles. The van der Waals surface area contributed by atoms with Crippen molar-refractivity contribution in [3.8, 4) is 0 Å². The first kappa shape index (κ1) is 144. The molecule has 0 aromatic rings. The van der Waals surface area contributed by atoms with Crippen LogP contribution in [0.2, 0.25) is 0 Å². The van der Waals surface area contributed by atoms with Crippen LogP contribution in [0.5, 0.6) is 0 Å². The summed E-state index contributed by atoms with van der Waals surface area (Å²) in [7, 11) is 0. The SMILES string of the molecule is O.O.O.O.O.O.O.O=S([O-])[O-].[Co+2]. The van der Waals surface area contributed by atoms with Gasteiger partial charge in [-0.3, -0.25) is 4.21 Å². The molecule has 0 atom stereocenters. The third kappa shape index (κ3) is 10100. The Balaban J connectivity index is -0.00000000161. The molecule has 0 aliphatic rings. The van der Waals surface area contributed by atoms with E-state index < -0.39 is 11.4 Å². The number of rotatable bonds is 0. The van der Waals surface area contributed by atoms with Crippen LogP contribution in [0.1, 0.15) is 0 Å². The van der Waals surface area contributed by atoms with Gasteiger partial charge in [0.1, 0.15) is 0 Å². The second-order valence-corrected chi connectivity index (χ2v) is 0.612. The van der Waals surface area contributed by atoms with E-state index in [0.29, 0.717) is 0 Å². The van der Waals surface area contributed by atoms with Gasteiger partial charge >= 0.3 is 16.8 Å². The molecule has 0 aliphatic heterocycles. The molecule has 0 fully saturated rings. The first-order valence-electron chi connectivity index (χ1n) is 0.500. The Morgan fingerprint density at radius 2 is 0.667 bits per heavy atom. The molecule has 10 nitrogen and oxygen atoms in total. The fourth-order valence-electron chi connectivity index (χ4n) is 0. The minimum atomic E-state index is -3.11. The van der Waals surface area contributed by atoms with Crippen molar-refractivity contribution in [2.75, 3.05) is 0 Å². The molecule has 0 amide bonds. The second-order valence-electron chi connectivity index (χ2n) is 0.204. The molecule has 0 saturated carbocycles. The maximum absolute atomic E-state index is 8.44. The Bertz CT molecular complexity index is 32.8. The van der Waals surface area contributed by atoms with Crippen molar-refractivity contribution in [1.82, 2.24) is 0 Å². The summed E-state index contributed by atoms with van der Waals surface area (Å²) >= 11 is -3.11. The van der Waals surface area contributed by atoms with Crippen LogP contribution in [0.25, 0.3) is 0 Å². The summed E-state index contributed by atoms with van der Waals surface area (Å²) in [6.07, 6.45) is 0. The fourth-order valence-corrected chi connectivity index (χ4v) is 0. The molecule has 14 N–H and O–H groups in total. The molecule has 0 rings (SSSR count). The molecular weight excluding hydrogens is 251 g/mol. The van der Waals surface area contributed by atoms with Crippen LogP contribution in [0, 0.1) is 0 Å². The van der Waals surface area contributed by atoms with Gasteiger partial charge in [-0.25, -0.2) is 0 Å². The topological polar surface area (TPSA) is 284 Å². The Labute approximate surface area is 80.4 Å². The Morgan fingerprint density at radius 3 is 0.667 bits per heavy atom. The van der Waals surface area contributed by atoms with Crippen LogP contribution in [0.15, 0.2) is 0 Å². The summed E-state index contributed by atoms with van der Waals surface area (Å²) in [6.45, 7) is 0. The van der Waals surface area contributed by atoms with Gasteiger partial charge in [-0.15, -0.1) is 11.4 Å². The van der Waals surface area contributed by atoms with Gasteiger partial charge in [0, 0.05) is 0 Å². The predicted octanol–water partition coefficient (Wildman–Crippen LogP) is -6.78. The van der Waals surface area contributed by atoms with E-state index in [2.05, 4.69) is 0 Å². The maximum atomic E-state index is 8.44. The second kappa shape index (κ2) is 110. The van der Waals surface area contributed by atoms with Crippen LogP contribution in [-0.4, -0.2) is 51.6 Å². The number of hydrogen-bond donors (Lipinski definition) is 0. The zero-order valence-electron chi connectivity index (χ0n) is 5.47. The van der Waals surface area contributed by atoms with Crippen molar-refractivity contribution in [3.63, 3.8) is 0 Å². The van der Waals surface area contributed by atoms with Gasteiger partial charge in [0.25, 0.3) is 0 Å². The van der Waals surface area contributed by atoms with Gasteiger partial charge in [0.2, 0.25) is 0 Å². The summed E-state index contributed by atoms with van der Waals surface area (Å²) in [6, 6.07) is 0. The van der Waals surface area contributed by atoms with E-state index in [1.165, 1.54) is 0 Å². The van der Waals surface area contributed by atoms with Gasteiger partial charge < -0.3 is 47.4 Å². The first-order chi connectivity index (χ1) is 1.73. The third-order valence-electron chi connectivity index (χ3n) is 0. The molecule has 0 heterocycles. The summed E-state index contributed by atoms with van der Waals surface area (Å²) in [5.74, 6) is 0. The fraction of sp³-hybridized carbons (Fsp3) is 0. The molecule has 12 heteroatoms.